The van der Waals surface area contributed by atoms with Crippen LogP contribution in [-0.4, -0.2) is 41.8 Å². The van der Waals surface area contributed by atoms with Crippen LogP contribution < -0.4 is 5.73 Å². The number of oxime groups is 1. The van der Waals surface area contributed by atoms with E-state index in [4.69, 9.17) is 10.9 Å². The van der Waals surface area contributed by atoms with Gasteiger partial charge in [0.2, 0.25) is 0 Å². The van der Waals surface area contributed by atoms with Crippen molar-refractivity contribution < 1.29 is 18.4 Å². The van der Waals surface area contributed by atoms with Crippen molar-refractivity contribution in [2.24, 2.45) is 16.8 Å². The molecule has 0 bridgehead atoms. The number of likely N-dealkylation sites (tertiary alicyclic amines) is 1. The van der Waals surface area contributed by atoms with Gasteiger partial charge in [0.1, 0.15) is 5.84 Å². The molecular formula is C16H22F3N3O. The molecule has 2 unspecified atom stereocenters. The van der Waals surface area contributed by atoms with Crippen LogP contribution in [0.3, 0.4) is 0 Å². The highest BCUT2D eigenvalue weighted by Gasteiger charge is 2.41. The highest BCUT2D eigenvalue weighted by Crippen LogP contribution is 2.32. The number of rotatable bonds is 5. The molecule has 1 heterocycles. The maximum Gasteiger partial charge on any atom is 0.393 e. The number of piperidine rings is 1. The zero-order chi connectivity index (χ0) is 16.9. The number of benzene rings is 1. The van der Waals surface area contributed by atoms with Crippen molar-refractivity contribution in [3.8, 4) is 0 Å². The van der Waals surface area contributed by atoms with Gasteiger partial charge in [-0.3, -0.25) is 0 Å². The average molecular weight is 329 g/mol. The number of amidine groups is 1. The van der Waals surface area contributed by atoms with Crippen molar-refractivity contribution in [3.05, 3.63) is 35.9 Å². The Labute approximate surface area is 133 Å². The fraction of sp³-hybridized carbons (Fsp3) is 0.562. The predicted molar refractivity (Wildman–Crippen MR) is 82.4 cm³/mol. The van der Waals surface area contributed by atoms with Crippen molar-refractivity contribution >= 4 is 5.84 Å². The smallest absolute Gasteiger partial charge is 0.393 e. The zero-order valence-corrected chi connectivity index (χ0v) is 12.8. The minimum Gasteiger partial charge on any atom is -0.409 e. The lowest BCUT2D eigenvalue weighted by Crippen LogP contribution is -2.43. The quantitative estimate of drug-likeness (QED) is 0.377. The Kier molecular flexibility index (Phi) is 5.87. The fourth-order valence-corrected chi connectivity index (χ4v) is 3.11. The molecule has 1 saturated heterocycles. The topological polar surface area (TPSA) is 61.8 Å². The van der Waals surface area contributed by atoms with Crippen LogP contribution in [0.5, 0.6) is 0 Å². The maximum absolute atomic E-state index is 13.2. The van der Waals surface area contributed by atoms with E-state index in [0.717, 1.165) is 18.4 Å². The monoisotopic (exact) mass is 329 g/mol. The van der Waals surface area contributed by atoms with E-state index in [-0.39, 0.29) is 18.3 Å². The second-order valence-corrected chi connectivity index (χ2v) is 6.04. The molecule has 1 aromatic rings. The second-order valence-electron chi connectivity index (χ2n) is 6.04. The molecule has 0 aromatic heterocycles. The molecule has 4 nitrogen and oxygen atoms in total. The molecule has 0 aliphatic carbocycles. The molecule has 0 radical (unpaired) electrons. The number of hydrogen-bond acceptors (Lipinski definition) is 3. The lowest BCUT2D eigenvalue weighted by atomic mass is 9.90. The highest BCUT2D eigenvalue weighted by atomic mass is 19.4. The van der Waals surface area contributed by atoms with Crippen molar-refractivity contribution in [2.75, 3.05) is 19.6 Å². The van der Waals surface area contributed by atoms with Gasteiger partial charge >= 0.3 is 6.18 Å². The van der Waals surface area contributed by atoms with Gasteiger partial charge < -0.3 is 15.8 Å². The second kappa shape index (κ2) is 7.68. The van der Waals surface area contributed by atoms with Crippen LogP contribution in [0.25, 0.3) is 0 Å². The summed E-state index contributed by atoms with van der Waals surface area (Å²) in [6, 6.07) is 9.87. The van der Waals surface area contributed by atoms with Gasteiger partial charge in [-0.2, -0.15) is 13.2 Å². The molecule has 128 valence electrons. The third-order valence-corrected chi connectivity index (χ3v) is 4.30. The first-order chi connectivity index (χ1) is 10.9. The zero-order valence-electron chi connectivity index (χ0n) is 12.8. The number of nitrogens with zero attached hydrogens (tertiary/aromatic N) is 2. The fourth-order valence-electron chi connectivity index (χ4n) is 3.11. The van der Waals surface area contributed by atoms with Crippen molar-refractivity contribution in [3.63, 3.8) is 0 Å². The van der Waals surface area contributed by atoms with Gasteiger partial charge in [-0.25, -0.2) is 0 Å². The third kappa shape index (κ3) is 5.13. The molecule has 0 saturated carbocycles. The van der Waals surface area contributed by atoms with Gasteiger partial charge in [0.05, 0.1) is 5.92 Å². The molecule has 0 amide bonds. The molecule has 2 atom stereocenters. The Morgan fingerprint density at radius 2 is 2.04 bits per heavy atom. The van der Waals surface area contributed by atoms with Gasteiger partial charge in [0, 0.05) is 19.5 Å². The standard InChI is InChI=1S/C16H22F3N3O/c17-16(18,19)14(9-15(20)21-23)11-22-8-4-7-13(10-22)12-5-2-1-3-6-12/h1-3,5-6,13-14,23H,4,7-11H2,(H2,20,21). The van der Waals surface area contributed by atoms with E-state index < -0.39 is 18.5 Å². The predicted octanol–water partition coefficient (Wildman–Crippen LogP) is 3.18. The highest BCUT2D eigenvalue weighted by molar-refractivity contribution is 5.79. The van der Waals surface area contributed by atoms with E-state index >= 15 is 0 Å². The van der Waals surface area contributed by atoms with Crippen LogP contribution in [0, 0.1) is 5.92 Å². The van der Waals surface area contributed by atoms with Crippen LogP contribution in [-0.2, 0) is 0 Å². The summed E-state index contributed by atoms with van der Waals surface area (Å²) in [4.78, 5) is 1.84. The molecule has 2 rings (SSSR count). The Balaban J connectivity index is 2.02. The first kappa shape index (κ1) is 17.6. The molecule has 3 N–H and O–H groups in total. The molecule has 1 aromatic carbocycles. The minimum atomic E-state index is -4.37. The number of hydrogen-bond donors (Lipinski definition) is 2. The number of halogens is 3. The van der Waals surface area contributed by atoms with E-state index in [9.17, 15) is 13.2 Å². The van der Waals surface area contributed by atoms with Crippen LogP contribution in [0.1, 0.15) is 30.7 Å². The molecule has 23 heavy (non-hydrogen) atoms. The van der Waals surface area contributed by atoms with Crippen molar-refractivity contribution in [1.29, 1.82) is 0 Å². The summed E-state index contributed by atoms with van der Waals surface area (Å²) in [7, 11) is 0. The van der Waals surface area contributed by atoms with E-state index in [1.54, 1.807) is 0 Å². The van der Waals surface area contributed by atoms with Crippen LogP contribution >= 0.6 is 0 Å². The summed E-state index contributed by atoms with van der Waals surface area (Å²) in [6.07, 6.45) is -2.99. The Bertz CT molecular complexity index is 519. The molecule has 1 aliphatic heterocycles. The number of alkyl halides is 3. The van der Waals surface area contributed by atoms with Gasteiger partial charge in [-0.15, -0.1) is 0 Å². The molecule has 7 heteroatoms. The lowest BCUT2D eigenvalue weighted by molar-refractivity contribution is -0.178. The van der Waals surface area contributed by atoms with Gasteiger partial charge in [0.25, 0.3) is 0 Å². The first-order valence-electron chi connectivity index (χ1n) is 7.70. The van der Waals surface area contributed by atoms with E-state index in [0.29, 0.717) is 13.1 Å². The largest absolute Gasteiger partial charge is 0.409 e. The summed E-state index contributed by atoms with van der Waals surface area (Å²) in [5.74, 6) is -1.75. The molecular weight excluding hydrogens is 307 g/mol. The normalized spacial score (nSPS) is 22.0. The Morgan fingerprint density at radius 3 is 2.65 bits per heavy atom. The van der Waals surface area contributed by atoms with E-state index in [1.807, 2.05) is 35.2 Å². The minimum absolute atomic E-state index is 0.122. The average Bonchev–Trinajstić information content (AvgIpc) is 2.54. The van der Waals surface area contributed by atoms with E-state index in [1.165, 1.54) is 0 Å². The van der Waals surface area contributed by atoms with Crippen LogP contribution in [0.4, 0.5) is 13.2 Å². The van der Waals surface area contributed by atoms with E-state index in [2.05, 4.69) is 5.16 Å². The van der Waals surface area contributed by atoms with Crippen molar-refractivity contribution in [2.45, 2.75) is 31.4 Å². The van der Waals surface area contributed by atoms with Crippen LogP contribution in [0.15, 0.2) is 35.5 Å². The molecule has 1 aliphatic rings. The summed E-state index contributed by atoms with van der Waals surface area (Å²) in [5.41, 5.74) is 6.44. The summed E-state index contributed by atoms with van der Waals surface area (Å²) in [6.45, 7) is 1.13. The lowest BCUT2D eigenvalue weighted by Gasteiger charge is -2.35. The molecule has 0 spiro atoms. The van der Waals surface area contributed by atoms with Gasteiger partial charge in [-0.05, 0) is 30.9 Å². The van der Waals surface area contributed by atoms with Gasteiger partial charge in [-0.1, -0.05) is 35.5 Å². The first-order valence-corrected chi connectivity index (χ1v) is 7.70. The maximum atomic E-state index is 13.2. The number of nitrogens with two attached hydrogens (primary N) is 1. The summed E-state index contributed by atoms with van der Waals surface area (Å²) < 4.78 is 39.5. The third-order valence-electron chi connectivity index (χ3n) is 4.30. The van der Waals surface area contributed by atoms with Crippen LogP contribution in [0.2, 0.25) is 0 Å². The Hall–Kier alpha value is -1.76. The van der Waals surface area contributed by atoms with Crippen molar-refractivity contribution in [1.82, 2.24) is 4.90 Å². The SMILES string of the molecule is N/C(CC(CN1CCCC(c2ccccc2)C1)C(F)(F)F)=N\O. The summed E-state index contributed by atoms with van der Waals surface area (Å²) in [5, 5.41) is 11.2. The summed E-state index contributed by atoms with van der Waals surface area (Å²) >= 11 is 0. The van der Waals surface area contributed by atoms with Gasteiger partial charge in [0.15, 0.2) is 0 Å². The molecule has 1 fully saturated rings. The Morgan fingerprint density at radius 1 is 1.35 bits per heavy atom.